The Kier molecular flexibility index (Phi) is 1.62. The van der Waals surface area contributed by atoms with E-state index in [9.17, 15) is 0 Å². The van der Waals surface area contributed by atoms with Gasteiger partial charge in [0, 0.05) is 16.2 Å². The second-order valence-corrected chi connectivity index (χ2v) is 3.55. The van der Waals surface area contributed by atoms with Gasteiger partial charge in [-0.25, -0.2) is 0 Å². The van der Waals surface area contributed by atoms with Crippen molar-refractivity contribution in [1.29, 1.82) is 0 Å². The van der Waals surface area contributed by atoms with E-state index >= 15 is 0 Å². The van der Waals surface area contributed by atoms with Crippen LogP contribution in [0.1, 0.15) is 11.3 Å². The van der Waals surface area contributed by atoms with Crippen LogP contribution in [0.25, 0.3) is 10.9 Å². The molecule has 0 unspecified atom stereocenters. The molecular formula is C10H10ClN. The fourth-order valence-corrected chi connectivity index (χ4v) is 1.58. The Labute approximate surface area is 76.4 Å². The van der Waals surface area contributed by atoms with Crippen molar-refractivity contribution in [2.24, 2.45) is 0 Å². The lowest BCUT2D eigenvalue weighted by molar-refractivity contribution is 1.30. The Morgan fingerprint density at radius 3 is 2.67 bits per heavy atom. The van der Waals surface area contributed by atoms with Gasteiger partial charge in [0.25, 0.3) is 0 Å². The maximum Gasteiger partial charge on any atom is 0.0471 e. The minimum absolute atomic E-state index is 0.823. The molecule has 0 bridgehead atoms. The third kappa shape index (κ3) is 1.10. The number of fused-ring (bicyclic) bond motifs is 1. The Hall–Kier alpha value is -0.950. The van der Waals surface area contributed by atoms with Gasteiger partial charge in [0.05, 0.1) is 0 Å². The van der Waals surface area contributed by atoms with Crippen LogP contribution >= 0.6 is 11.6 Å². The molecular weight excluding hydrogens is 170 g/mol. The van der Waals surface area contributed by atoms with Crippen molar-refractivity contribution in [1.82, 2.24) is 4.98 Å². The van der Waals surface area contributed by atoms with E-state index in [1.165, 1.54) is 11.1 Å². The van der Waals surface area contributed by atoms with Crippen molar-refractivity contribution in [2.45, 2.75) is 13.8 Å². The van der Waals surface area contributed by atoms with Crippen molar-refractivity contribution >= 4 is 22.5 Å². The number of H-pyrrole nitrogens is 1. The minimum Gasteiger partial charge on any atom is -0.359 e. The Morgan fingerprint density at radius 2 is 1.92 bits per heavy atom. The largest absolute Gasteiger partial charge is 0.359 e. The van der Waals surface area contributed by atoms with E-state index in [1.54, 1.807) is 0 Å². The SMILES string of the molecule is Cc1cc2cc(C)c(Cl)cc2[nH]1. The highest BCUT2D eigenvalue weighted by atomic mass is 35.5. The number of benzene rings is 1. The predicted octanol–water partition coefficient (Wildman–Crippen LogP) is 3.44. The van der Waals surface area contributed by atoms with E-state index in [0.717, 1.165) is 16.1 Å². The van der Waals surface area contributed by atoms with Gasteiger partial charge < -0.3 is 4.98 Å². The van der Waals surface area contributed by atoms with Crippen molar-refractivity contribution in [2.75, 3.05) is 0 Å². The van der Waals surface area contributed by atoms with Gasteiger partial charge in [0.15, 0.2) is 0 Å². The molecule has 0 amide bonds. The summed E-state index contributed by atoms with van der Waals surface area (Å²) in [6, 6.07) is 6.19. The number of hydrogen-bond acceptors (Lipinski definition) is 0. The first-order valence-corrected chi connectivity index (χ1v) is 4.30. The van der Waals surface area contributed by atoms with Crippen LogP contribution in [-0.2, 0) is 0 Å². The number of halogens is 1. The fraction of sp³-hybridized carbons (Fsp3) is 0.200. The van der Waals surface area contributed by atoms with E-state index in [0.29, 0.717) is 0 Å². The molecule has 2 rings (SSSR count). The van der Waals surface area contributed by atoms with E-state index in [2.05, 4.69) is 17.1 Å². The van der Waals surface area contributed by atoms with Crippen LogP contribution in [0, 0.1) is 13.8 Å². The second-order valence-electron chi connectivity index (χ2n) is 3.14. The van der Waals surface area contributed by atoms with Crippen LogP contribution in [0.15, 0.2) is 18.2 Å². The summed E-state index contributed by atoms with van der Waals surface area (Å²) in [5.41, 5.74) is 3.41. The Balaban J connectivity index is 2.83. The normalized spacial score (nSPS) is 10.9. The molecule has 0 aliphatic carbocycles. The van der Waals surface area contributed by atoms with Crippen LogP contribution in [0.3, 0.4) is 0 Å². The molecule has 12 heavy (non-hydrogen) atoms. The zero-order valence-electron chi connectivity index (χ0n) is 7.11. The van der Waals surface area contributed by atoms with Crippen LogP contribution in [-0.4, -0.2) is 4.98 Å². The summed E-state index contributed by atoms with van der Waals surface area (Å²) in [6.07, 6.45) is 0. The topological polar surface area (TPSA) is 15.8 Å². The predicted molar refractivity (Wildman–Crippen MR) is 52.8 cm³/mol. The van der Waals surface area contributed by atoms with Gasteiger partial charge in [-0.2, -0.15) is 0 Å². The molecule has 0 spiro atoms. The second kappa shape index (κ2) is 2.53. The van der Waals surface area contributed by atoms with E-state index in [4.69, 9.17) is 11.6 Å². The minimum atomic E-state index is 0.823. The molecule has 1 aromatic carbocycles. The van der Waals surface area contributed by atoms with Gasteiger partial charge in [-0.3, -0.25) is 0 Å². The highest BCUT2D eigenvalue weighted by Crippen LogP contribution is 2.23. The Morgan fingerprint density at radius 1 is 1.17 bits per heavy atom. The third-order valence-electron chi connectivity index (χ3n) is 2.03. The monoisotopic (exact) mass is 179 g/mol. The molecule has 0 saturated carbocycles. The fourth-order valence-electron chi connectivity index (χ4n) is 1.41. The zero-order valence-corrected chi connectivity index (χ0v) is 7.87. The van der Waals surface area contributed by atoms with Crippen molar-refractivity contribution in [3.8, 4) is 0 Å². The van der Waals surface area contributed by atoms with Gasteiger partial charge in [-0.1, -0.05) is 11.6 Å². The Bertz CT molecular complexity index is 390. The van der Waals surface area contributed by atoms with Gasteiger partial charge in [0.1, 0.15) is 0 Å². The number of aromatic amines is 1. The van der Waals surface area contributed by atoms with Gasteiger partial charge in [-0.15, -0.1) is 0 Å². The number of hydrogen-bond donors (Lipinski definition) is 1. The molecule has 1 heterocycles. The summed E-state index contributed by atoms with van der Waals surface area (Å²) >= 11 is 5.98. The first kappa shape index (κ1) is 7.69. The molecule has 0 radical (unpaired) electrons. The lowest BCUT2D eigenvalue weighted by atomic mass is 10.2. The summed E-state index contributed by atoms with van der Waals surface area (Å²) in [5.74, 6) is 0. The lowest BCUT2D eigenvalue weighted by Crippen LogP contribution is -1.74. The molecule has 0 aliphatic heterocycles. The first-order valence-electron chi connectivity index (χ1n) is 3.92. The standard InChI is InChI=1S/C10H10ClN/c1-6-3-8-4-7(2)12-10(8)5-9(6)11/h3-5,12H,1-2H3. The maximum absolute atomic E-state index is 5.98. The van der Waals surface area contributed by atoms with E-state index < -0.39 is 0 Å². The summed E-state index contributed by atoms with van der Waals surface area (Å²) in [7, 11) is 0. The van der Waals surface area contributed by atoms with Crippen LogP contribution < -0.4 is 0 Å². The highest BCUT2D eigenvalue weighted by Gasteiger charge is 2.00. The van der Waals surface area contributed by atoms with Crippen LogP contribution in [0.4, 0.5) is 0 Å². The molecule has 1 N–H and O–H groups in total. The summed E-state index contributed by atoms with van der Waals surface area (Å²) in [4.78, 5) is 3.24. The maximum atomic E-state index is 5.98. The average molecular weight is 180 g/mol. The van der Waals surface area contributed by atoms with Crippen molar-refractivity contribution in [3.63, 3.8) is 0 Å². The lowest BCUT2D eigenvalue weighted by Gasteiger charge is -1.96. The number of aryl methyl sites for hydroxylation is 2. The molecule has 1 nitrogen and oxygen atoms in total. The third-order valence-corrected chi connectivity index (χ3v) is 2.44. The van der Waals surface area contributed by atoms with E-state index in [-0.39, 0.29) is 0 Å². The van der Waals surface area contributed by atoms with Gasteiger partial charge in [0.2, 0.25) is 0 Å². The number of nitrogens with one attached hydrogen (secondary N) is 1. The van der Waals surface area contributed by atoms with Gasteiger partial charge in [-0.05, 0) is 43.0 Å². The summed E-state index contributed by atoms with van der Waals surface area (Å²) < 4.78 is 0. The first-order chi connectivity index (χ1) is 5.66. The number of rotatable bonds is 0. The number of aromatic nitrogens is 1. The molecule has 62 valence electrons. The van der Waals surface area contributed by atoms with Crippen molar-refractivity contribution in [3.05, 3.63) is 34.5 Å². The summed E-state index contributed by atoms with van der Waals surface area (Å²) in [5, 5.41) is 2.05. The smallest absolute Gasteiger partial charge is 0.0471 e. The highest BCUT2D eigenvalue weighted by molar-refractivity contribution is 6.32. The van der Waals surface area contributed by atoms with E-state index in [1.807, 2.05) is 19.9 Å². The molecule has 1 aromatic heterocycles. The molecule has 0 atom stereocenters. The van der Waals surface area contributed by atoms with Crippen molar-refractivity contribution < 1.29 is 0 Å². The molecule has 0 aliphatic rings. The molecule has 2 aromatic rings. The quantitative estimate of drug-likeness (QED) is 0.638. The molecule has 0 fully saturated rings. The molecule has 2 heteroatoms. The zero-order chi connectivity index (χ0) is 8.72. The molecule has 0 saturated heterocycles. The summed E-state index contributed by atoms with van der Waals surface area (Å²) in [6.45, 7) is 4.06. The van der Waals surface area contributed by atoms with Gasteiger partial charge >= 0.3 is 0 Å². The van der Waals surface area contributed by atoms with Crippen LogP contribution in [0.2, 0.25) is 5.02 Å². The van der Waals surface area contributed by atoms with Crippen LogP contribution in [0.5, 0.6) is 0 Å². The average Bonchev–Trinajstić information content (AvgIpc) is 2.30.